The van der Waals surface area contributed by atoms with Crippen LogP contribution in [-0.4, -0.2) is 67.9 Å². The van der Waals surface area contributed by atoms with Gasteiger partial charge >= 0.3 is 6.03 Å². The SMILES string of the molecule is C=CCN(C)S(=O)(=O)c1ccc(NC(=O)NC2CCN(CCc3ccncc3)CC2)cc1. The van der Waals surface area contributed by atoms with E-state index in [-0.39, 0.29) is 23.5 Å². The van der Waals surface area contributed by atoms with Crippen LogP contribution in [0.1, 0.15) is 18.4 Å². The van der Waals surface area contributed by atoms with Crippen molar-refractivity contribution in [3.8, 4) is 0 Å². The summed E-state index contributed by atoms with van der Waals surface area (Å²) in [5.41, 5.74) is 1.83. The fraction of sp³-hybridized carbons (Fsp3) is 0.391. The summed E-state index contributed by atoms with van der Waals surface area (Å²) in [5, 5.41) is 5.80. The zero-order chi connectivity index (χ0) is 23.0. The summed E-state index contributed by atoms with van der Waals surface area (Å²) in [6.45, 7) is 6.68. The molecule has 0 radical (unpaired) electrons. The van der Waals surface area contributed by atoms with Crippen LogP contribution in [-0.2, 0) is 16.4 Å². The first-order valence-electron chi connectivity index (χ1n) is 10.7. The Morgan fingerprint density at radius 1 is 1.19 bits per heavy atom. The van der Waals surface area contributed by atoms with Crippen molar-refractivity contribution in [2.24, 2.45) is 0 Å². The van der Waals surface area contributed by atoms with Crippen molar-refractivity contribution >= 4 is 21.7 Å². The normalized spacial score (nSPS) is 15.4. The minimum atomic E-state index is -3.57. The van der Waals surface area contributed by atoms with Gasteiger partial charge in [-0.15, -0.1) is 6.58 Å². The number of aromatic nitrogens is 1. The van der Waals surface area contributed by atoms with Crippen molar-refractivity contribution in [2.75, 3.05) is 38.5 Å². The van der Waals surface area contributed by atoms with E-state index in [1.165, 1.54) is 35.1 Å². The summed E-state index contributed by atoms with van der Waals surface area (Å²) < 4.78 is 26.1. The molecule has 0 unspecified atom stereocenters. The molecule has 2 N–H and O–H groups in total. The fourth-order valence-electron chi connectivity index (χ4n) is 3.66. The number of amides is 2. The number of hydrogen-bond donors (Lipinski definition) is 2. The third-order valence-electron chi connectivity index (χ3n) is 5.60. The first kappa shape index (κ1) is 23.9. The minimum absolute atomic E-state index is 0.124. The Balaban J connectivity index is 1.42. The topological polar surface area (TPSA) is 94.6 Å². The zero-order valence-electron chi connectivity index (χ0n) is 18.4. The van der Waals surface area contributed by atoms with Crippen molar-refractivity contribution in [2.45, 2.75) is 30.2 Å². The lowest BCUT2D eigenvalue weighted by Gasteiger charge is -2.32. The number of likely N-dealkylation sites (tertiary alicyclic amines) is 1. The number of urea groups is 1. The summed E-state index contributed by atoms with van der Waals surface area (Å²) in [4.78, 5) is 19.0. The first-order valence-corrected chi connectivity index (χ1v) is 12.2. The molecule has 1 aromatic heterocycles. The van der Waals surface area contributed by atoms with Crippen LogP contribution < -0.4 is 10.6 Å². The number of nitrogens with zero attached hydrogens (tertiary/aromatic N) is 3. The van der Waals surface area contributed by atoms with E-state index < -0.39 is 10.0 Å². The second-order valence-corrected chi connectivity index (χ2v) is 9.96. The average molecular weight is 458 g/mol. The molecule has 32 heavy (non-hydrogen) atoms. The highest BCUT2D eigenvalue weighted by Crippen LogP contribution is 2.18. The van der Waals surface area contributed by atoms with Crippen molar-refractivity contribution in [1.29, 1.82) is 0 Å². The molecule has 0 saturated carbocycles. The Labute approximate surface area is 190 Å². The van der Waals surface area contributed by atoms with E-state index in [9.17, 15) is 13.2 Å². The number of carbonyl (C=O) groups is 1. The van der Waals surface area contributed by atoms with Crippen LogP contribution in [0.4, 0.5) is 10.5 Å². The number of piperidine rings is 1. The Morgan fingerprint density at radius 3 is 2.47 bits per heavy atom. The largest absolute Gasteiger partial charge is 0.335 e. The van der Waals surface area contributed by atoms with Gasteiger partial charge in [0.05, 0.1) is 4.90 Å². The molecule has 2 heterocycles. The van der Waals surface area contributed by atoms with E-state index in [1.54, 1.807) is 12.1 Å². The Hall–Kier alpha value is -2.75. The van der Waals surface area contributed by atoms with Gasteiger partial charge in [-0.05, 0) is 61.2 Å². The number of likely N-dealkylation sites (N-methyl/N-ethyl adjacent to an activating group) is 1. The lowest BCUT2D eigenvalue weighted by atomic mass is 10.0. The van der Waals surface area contributed by atoms with Crippen LogP contribution in [0.5, 0.6) is 0 Å². The van der Waals surface area contributed by atoms with Gasteiger partial charge in [0.2, 0.25) is 10.0 Å². The van der Waals surface area contributed by atoms with Gasteiger partial charge in [-0.1, -0.05) is 6.08 Å². The Morgan fingerprint density at radius 2 is 1.84 bits per heavy atom. The Kier molecular flexibility index (Phi) is 8.38. The van der Waals surface area contributed by atoms with Gasteiger partial charge < -0.3 is 15.5 Å². The van der Waals surface area contributed by atoms with Crippen molar-refractivity contribution < 1.29 is 13.2 Å². The first-order chi connectivity index (χ1) is 15.4. The average Bonchev–Trinajstić information content (AvgIpc) is 2.80. The van der Waals surface area contributed by atoms with Crippen molar-refractivity contribution in [3.05, 3.63) is 67.0 Å². The van der Waals surface area contributed by atoms with Gasteiger partial charge in [-0.2, -0.15) is 4.31 Å². The molecule has 1 aromatic carbocycles. The summed E-state index contributed by atoms with van der Waals surface area (Å²) in [6, 6.07) is 10.1. The summed E-state index contributed by atoms with van der Waals surface area (Å²) in [5.74, 6) is 0. The van der Waals surface area contributed by atoms with Crippen LogP contribution >= 0.6 is 0 Å². The van der Waals surface area contributed by atoms with Crippen LogP contribution in [0.25, 0.3) is 0 Å². The third kappa shape index (κ3) is 6.62. The highest BCUT2D eigenvalue weighted by molar-refractivity contribution is 7.89. The van der Waals surface area contributed by atoms with E-state index in [2.05, 4.69) is 27.1 Å². The van der Waals surface area contributed by atoms with E-state index in [1.807, 2.05) is 24.5 Å². The smallest absolute Gasteiger partial charge is 0.319 e. The molecule has 1 fully saturated rings. The summed E-state index contributed by atoms with van der Waals surface area (Å²) in [6.07, 6.45) is 7.96. The lowest BCUT2D eigenvalue weighted by molar-refractivity contribution is 0.197. The van der Waals surface area contributed by atoms with Crippen LogP contribution in [0.15, 0.2) is 66.3 Å². The maximum atomic E-state index is 12.4. The van der Waals surface area contributed by atoms with Crippen LogP contribution in [0, 0.1) is 0 Å². The quantitative estimate of drug-likeness (QED) is 0.565. The molecule has 9 heteroatoms. The molecule has 1 aliphatic heterocycles. The van der Waals surface area contributed by atoms with Crippen LogP contribution in [0.2, 0.25) is 0 Å². The number of benzene rings is 1. The maximum Gasteiger partial charge on any atom is 0.319 e. The molecular formula is C23H31N5O3S. The zero-order valence-corrected chi connectivity index (χ0v) is 19.2. The second kappa shape index (κ2) is 11.2. The van der Waals surface area contributed by atoms with Gasteiger partial charge in [0, 0.05) is 57.3 Å². The minimum Gasteiger partial charge on any atom is -0.335 e. The standard InChI is InChI=1S/C23H31N5O3S/c1-3-15-27(2)32(30,31)22-6-4-20(5-7-22)25-23(29)26-21-11-17-28(18-12-21)16-10-19-8-13-24-14-9-19/h3-9,13-14,21H,1,10-12,15-18H2,2H3,(H2,25,26,29). The summed E-state index contributed by atoms with van der Waals surface area (Å²) >= 11 is 0. The number of pyridine rings is 1. The van der Waals surface area contributed by atoms with E-state index in [0.29, 0.717) is 5.69 Å². The molecule has 1 saturated heterocycles. The summed E-state index contributed by atoms with van der Waals surface area (Å²) in [7, 11) is -2.07. The molecule has 0 bridgehead atoms. The molecular weight excluding hydrogens is 426 g/mol. The molecule has 0 aliphatic carbocycles. The van der Waals surface area contributed by atoms with Gasteiger partial charge in [0.1, 0.15) is 0 Å². The van der Waals surface area contributed by atoms with Gasteiger partial charge in [0.15, 0.2) is 0 Å². The maximum absolute atomic E-state index is 12.4. The predicted molar refractivity (Wildman–Crippen MR) is 126 cm³/mol. The number of nitrogens with one attached hydrogen (secondary N) is 2. The molecule has 8 nitrogen and oxygen atoms in total. The third-order valence-corrected chi connectivity index (χ3v) is 7.43. The van der Waals surface area contributed by atoms with E-state index >= 15 is 0 Å². The van der Waals surface area contributed by atoms with Gasteiger partial charge in [-0.3, -0.25) is 4.98 Å². The number of sulfonamides is 1. The predicted octanol–water partition coefficient (Wildman–Crippen LogP) is 2.72. The Bertz CT molecular complexity index is 988. The molecule has 0 atom stereocenters. The number of rotatable bonds is 9. The number of carbonyl (C=O) groups excluding carboxylic acids is 1. The molecule has 172 valence electrons. The van der Waals surface area contributed by atoms with Crippen molar-refractivity contribution in [3.63, 3.8) is 0 Å². The highest BCUT2D eigenvalue weighted by atomic mass is 32.2. The molecule has 1 aliphatic rings. The van der Waals surface area contributed by atoms with Crippen LogP contribution in [0.3, 0.4) is 0 Å². The molecule has 2 aromatic rings. The number of hydrogen-bond acceptors (Lipinski definition) is 5. The molecule has 3 rings (SSSR count). The van der Waals surface area contributed by atoms with E-state index in [0.717, 1.165) is 38.9 Å². The fourth-order valence-corrected chi connectivity index (χ4v) is 4.80. The lowest BCUT2D eigenvalue weighted by Crippen LogP contribution is -2.46. The van der Waals surface area contributed by atoms with Crippen molar-refractivity contribution in [1.82, 2.24) is 19.5 Å². The monoisotopic (exact) mass is 457 g/mol. The molecule has 2 amide bonds. The highest BCUT2D eigenvalue weighted by Gasteiger charge is 2.21. The second-order valence-electron chi connectivity index (χ2n) is 7.92. The molecule has 0 spiro atoms. The van der Waals surface area contributed by atoms with Gasteiger partial charge in [-0.25, -0.2) is 13.2 Å². The van der Waals surface area contributed by atoms with Gasteiger partial charge in [0.25, 0.3) is 0 Å². The van der Waals surface area contributed by atoms with E-state index in [4.69, 9.17) is 0 Å². The number of anilines is 1.